The second kappa shape index (κ2) is 9.35. The molecular weight excluding hydrogens is 418 g/mol. The average molecular weight is 434 g/mol. The predicted molar refractivity (Wildman–Crippen MR) is 122 cm³/mol. The van der Waals surface area contributed by atoms with Gasteiger partial charge in [0.05, 0.1) is 17.5 Å². The first-order valence-corrected chi connectivity index (χ1v) is 10.3. The number of halogens is 1. The number of nitrogens with one attached hydrogen (secondary N) is 1. The molecule has 5 nitrogen and oxygen atoms in total. The molecule has 0 saturated heterocycles. The first-order chi connectivity index (χ1) is 14.7. The van der Waals surface area contributed by atoms with Crippen LogP contribution in [0.4, 0.5) is 5.13 Å². The molecule has 1 aromatic heterocycles. The van der Waals surface area contributed by atoms with Gasteiger partial charge in [-0.05, 0) is 54.1 Å². The molecule has 1 heterocycles. The number of anilines is 1. The molecule has 4 rings (SSSR count). The van der Waals surface area contributed by atoms with Crippen LogP contribution in [0.3, 0.4) is 0 Å². The van der Waals surface area contributed by atoms with Gasteiger partial charge in [0.1, 0.15) is 5.75 Å². The van der Waals surface area contributed by atoms with Gasteiger partial charge < -0.3 is 4.74 Å². The van der Waals surface area contributed by atoms with E-state index in [1.165, 1.54) is 11.3 Å². The van der Waals surface area contributed by atoms with Crippen molar-refractivity contribution in [1.82, 2.24) is 4.98 Å². The van der Waals surface area contributed by atoms with Crippen LogP contribution in [0.2, 0.25) is 5.02 Å². The number of hydrazone groups is 1. The van der Waals surface area contributed by atoms with E-state index in [1.807, 2.05) is 47.8 Å². The Morgan fingerprint density at radius 3 is 2.47 bits per heavy atom. The van der Waals surface area contributed by atoms with E-state index in [9.17, 15) is 4.79 Å². The summed E-state index contributed by atoms with van der Waals surface area (Å²) in [5.41, 5.74) is 6.20. The molecule has 148 valence electrons. The Morgan fingerprint density at radius 1 is 1.00 bits per heavy atom. The molecule has 7 heteroatoms. The van der Waals surface area contributed by atoms with Crippen LogP contribution in [-0.4, -0.2) is 17.2 Å². The highest BCUT2D eigenvalue weighted by atomic mass is 35.5. The van der Waals surface area contributed by atoms with Gasteiger partial charge in [-0.15, -0.1) is 11.3 Å². The molecule has 0 spiro atoms. The van der Waals surface area contributed by atoms with Gasteiger partial charge in [0, 0.05) is 16.0 Å². The van der Waals surface area contributed by atoms with Crippen molar-refractivity contribution in [3.8, 4) is 17.0 Å². The number of benzene rings is 3. The van der Waals surface area contributed by atoms with Gasteiger partial charge in [-0.2, -0.15) is 5.10 Å². The SMILES string of the molecule is O=C(Oc1ccc(/C=N/Nc2nc(-c3ccccc3)cs2)cc1)c1ccc(Cl)cc1. The smallest absolute Gasteiger partial charge is 0.343 e. The van der Waals surface area contributed by atoms with Gasteiger partial charge in [-0.3, -0.25) is 5.43 Å². The molecule has 0 amide bonds. The standard InChI is InChI=1S/C23H16ClN3O2S/c24-19-10-8-18(9-11-19)22(28)29-20-12-6-16(7-13-20)14-25-27-23-26-21(15-30-23)17-4-2-1-3-5-17/h1-15H,(H,26,27)/b25-14+. The zero-order chi connectivity index (χ0) is 20.8. The third-order valence-corrected chi connectivity index (χ3v) is 5.12. The molecule has 0 aliphatic rings. The molecule has 0 bridgehead atoms. The van der Waals surface area contributed by atoms with E-state index < -0.39 is 5.97 Å². The maximum Gasteiger partial charge on any atom is 0.343 e. The highest BCUT2D eigenvalue weighted by Gasteiger charge is 2.08. The molecule has 0 fully saturated rings. The van der Waals surface area contributed by atoms with Crippen LogP contribution in [0.5, 0.6) is 5.75 Å². The monoisotopic (exact) mass is 433 g/mol. The normalized spacial score (nSPS) is 10.8. The van der Waals surface area contributed by atoms with Crippen LogP contribution in [-0.2, 0) is 0 Å². The first kappa shape index (κ1) is 19.8. The van der Waals surface area contributed by atoms with Gasteiger partial charge in [0.2, 0.25) is 5.13 Å². The van der Waals surface area contributed by atoms with Crippen molar-refractivity contribution in [3.05, 3.63) is 100 Å². The molecule has 0 radical (unpaired) electrons. The Morgan fingerprint density at radius 2 is 1.73 bits per heavy atom. The van der Waals surface area contributed by atoms with E-state index in [-0.39, 0.29) is 0 Å². The molecule has 0 aliphatic carbocycles. The van der Waals surface area contributed by atoms with Gasteiger partial charge in [-0.25, -0.2) is 9.78 Å². The fourth-order valence-electron chi connectivity index (χ4n) is 2.60. The van der Waals surface area contributed by atoms with Crippen LogP contribution in [0.15, 0.2) is 89.3 Å². The minimum absolute atomic E-state index is 0.437. The summed E-state index contributed by atoms with van der Waals surface area (Å²) in [6.45, 7) is 0. The van der Waals surface area contributed by atoms with Crippen molar-refractivity contribution in [2.75, 3.05) is 5.43 Å². The Hall–Kier alpha value is -3.48. The van der Waals surface area contributed by atoms with Crippen molar-refractivity contribution in [2.24, 2.45) is 5.10 Å². The molecule has 3 aromatic carbocycles. The minimum atomic E-state index is -0.437. The first-order valence-electron chi connectivity index (χ1n) is 9.05. The molecule has 0 saturated carbocycles. The van der Waals surface area contributed by atoms with Crippen LogP contribution in [0, 0.1) is 0 Å². The van der Waals surface area contributed by atoms with E-state index in [0.29, 0.717) is 21.5 Å². The number of carbonyl (C=O) groups excluding carboxylic acids is 1. The summed E-state index contributed by atoms with van der Waals surface area (Å²) in [6.07, 6.45) is 1.67. The number of carbonyl (C=O) groups is 1. The van der Waals surface area contributed by atoms with Gasteiger partial charge >= 0.3 is 5.97 Å². The summed E-state index contributed by atoms with van der Waals surface area (Å²) >= 11 is 7.32. The highest BCUT2D eigenvalue weighted by Crippen LogP contribution is 2.24. The van der Waals surface area contributed by atoms with Crippen LogP contribution >= 0.6 is 22.9 Å². The summed E-state index contributed by atoms with van der Waals surface area (Å²) in [5.74, 6) is 0.0141. The molecule has 0 aliphatic heterocycles. The second-order valence-corrected chi connectivity index (χ2v) is 7.53. The fraction of sp³-hybridized carbons (Fsp3) is 0. The number of hydrogen-bond donors (Lipinski definition) is 1. The van der Waals surface area contributed by atoms with Crippen LogP contribution in [0.1, 0.15) is 15.9 Å². The lowest BCUT2D eigenvalue weighted by Gasteiger charge is -2.04. The van der Waals surface area contributed by atoms with Gasteiger partial charge in [0.15, 0.2) is 0 Å². The summed E-state index contributed by atoms with van der Waals surface area (Å²) in [5, 5.41) is 7.48. The third kappa shape index (κ3) is 5.11. The number of hydrogen-bond acceptors (Lipinski definition) is 6. The number of nitrogens with zero attached hydrogens (tertiary/aromatic N) is 2. The van der Waals surface area contributed by atoms with E-state index >= 15 is 0 Å². The van der Waals surface area contributed by atoms with Crippen molar-refractivity contribution in [3.63, 3.8) is 0 Å². The van der Waals surface area contributed by atoms with E-state index in [0.717, 1.165) is 16.8 Å². The van der Waals surface area contributed by atoms with Crippen molar-refractivity contribution >= 4 is 40.3 Å². The summed E-state index contributed by atoms with van der Waals surface area (Å²) in [7, 11) is 0. The van der Waals surface area contributed by atoms with Crippen LogP contribution < -0.4 is 10.2 Å². The number of aromatic nitrogens is 1. The Labute approximate surface area is 182 Å². The number of esters is 1. The lowest BCUT2D eigenvalue weighted by atomic mass is 10.2. The lowest BCUT2D eigenvalue weighted by Crippen LogP contribution is -2.08. The van der Waals surface area contributed by atoms with Crippen LogP contribution in [0.25, 0.3) is 11.3 Å². The predicted octanol–water partition coefficient (Wildman–Crippen LogP) is 6.13. The summed E-state index contributed by atoms with van der Waals surface area (Å²) in [6, 6.07) is 23.6. The molecule has 4 aromatic rings. The number of rotatable bonds is 6. The Kier molecular flexibility index (Phi) is 6.17. The fourth-order valence-corrected chi connectivity index (χ4v) is 3.40. The van der Waals surface area contributed by atoms with Gasteiger partial charge in [0.25, 0.3) is 0 Å². The van der Waals surface area contributed by atoms with E-state index in [4.69, 9.17) is 16.3 Å². The summed E-state index contributed by atoms with van der Waals surface area (Å²) < 4.78 is 5.36. The Bertz CT molecular complexity index is 1160. The van der Waals surface area contributed by atoms with E-state index in [2.05, 4.69) is 15.5 Å². The number of thiazole rings is 1. The quantitative estimate of drug-likeness (QED) is 0.172. The molecular formula is C23H16ClN3O2S. The van der Waals surface area contributed by atoms with Gasteiger partial charge in [-0.1, -0.05) is 41.9 Å². The summed E-state index contributed by atoms with van der Waals surface area (Å²) in [4.78, 5) is 16.7. The lowest BCUT2D eigenvalue weighted by molar-refractivity contribution is 0.0735. The maximum absolute atomic E-state index is 12.1. The van der Waals surface area contributed by atoms with E-state index in [1.54, 1.807) is 42.6 Å². The maximum atomic E-state index is 12.1. The van der Waals surface area contributed by atoms with Crippen molar-refractivity contribution < 1.29 is 9.53 Å². The number of ether oxygens (including phenoxy) is 1. The largest absolute Gasteiger partial charge is 0.423 e. The third-order valence-electron chi connectivity index (χ3n) is 4.12. The zero-order valence-corrected chi connectivity index (χ0v) is 17.2. The second-order valence-electron chi connectivity index (χ2n) is 6.24. The van der Waals surface area contributed by atoms with Crippen molar-refractivity contribution in [1.29, 1.82) is 0 Å². The molecule has 0 atom stereocenters. The molecule has 1 N–H and O–H groups in total. The Balaban J connectivity index is 1.33. The molecule has 30 heavy (non-hydrogen) atoms. The zero-order valence-electron chi connectivity index (χ0n) is 15.7. The van der Waals surface area contributed by atoms with Crippen molar-refractivity contribution in [2.45, 2.75) is 0 Å². The minimum Gasteiger partial charge on any atom is -0.423 e. The average Bonchev–Trinajstić information content (AvgIpc) is 3.25. The highest BCUT2D eigenvalue weighted by molar-refractivity contribution is 7.14. The molecule has 0 unspecified atom stereocenters. The topological polar surface area (TPSA) is 63.6 Å².